The molecule has 0 saturated carbocycles. The summed E-state index contributed by atoms with van der Waals surface area (Å²) in [5, 5.41) is 2.62. The summed E-state index contributed by atoms with van der Waals surface area (Å²) in [6, 6.07) is 22.7. The minimum absolute atomic E-state index is 0.244. The minimum atomic E-state index is -0.821. The zero-order valence-electron chi connectivity index (χ0n) is 20.0. The van der Waals surface area contributed by atoms with Crippen molar-refractivity contribution in [1.82, 2.24) is 4.90 Å². The van der Waals surface area contributed by atoms with Crippen molar-refractivity contribution in [1.29, 1.82) is 0 Å². The van der Waals surface area contributed by atoms with E-state index in [4.69, 9.17) is 9.47 Å². The fourth-order valence-corrected chi connectivity index (χ4v) is 6.15. The molecule has 186 valence electrons. The Hall–Kier alpha value is -4.46. The first kappa shape index (κ1) is 23.0. The zero-order valence-corrected chi connectivity index (χ0v) is 20.0. The number of nitrogens with zero attached hydrogens (tertiary/aromatic N) is 1. The average Bonchev–Trinajstić information content (AvgIpc) is 3.17. The van der Waals surface area contributed by atoms with E-state index < -0.39 is 36.9 Å². The average molecular weight is 497 g/mol. The van der Waals surface area contributed by atoms with Crippen molar-refractivity contribution >= 4 is 29.4 Å². The fourth-order valence-electron chi connectivity index (χ4n) is 6.15. The Balaban J connectivity index is 1.18. The molecule has 0 unspecified atom stereocenters. The highest BCUT2D eigenvalue weighted by Gasteiger charge is 2.61. The van der Waals surface area contributed by atoms with Crippen LogP contribution in [0.5, 0.6) is 5.75 Å². The molecule has 0 aromatic heterocycles. The molecule has 8 heteroatoms. The van der Waals surface area contributed by atoms with Crippen LogP contribution >= 0.6 is 0 Å². The molecule has 3 aliphatic carbocycles. The number of nitrogens with one attached hydrogen (secondary N) is 1. The number of methoxy groups -OCH3 is 1. The summed E-state index contributed by atoms with van der Waals surface area (Å²) in [7, 11) is 1.48. The Kier molecular flexibility index (Phi) is 5.52. The number of hydrogen-bond acceptors (Lipinski definition) is 6. The van der Waals surface area contributed by atoms with Gasteiger partial charge in [0.1, 0.15) is 12.3 Å². The maximum atomic E-state index is 13.5. The Labute approximate surface area is 213 Å². The molecule has 0 radical (unpaired) electrons. The van der Waals surface area contributed by atoms with Crippen LogP contribution in [0.2, 0.25) is 0 Å². The van der Waals surface area contributed by atoms with Crippen LogP contribution in [-0.4, -0.2) is 48.9 Å². The molecule has 1 saturated heterocycles. The van der Waals surface area contributed by atoms with Gasteiger partial charge in [-0.25, -0.2) is 0 Å². The summed E-state index contributed by atoms with van der Waals surface area (Å²) >= 11 is 0. The first-order valence-electron chi connectivity index (χ1n) is 12.1. The van der Waals surface area contributed by atoms with E-state index in [0.717, 1.165) is 27.2 Å². The number of rotatable bonds is 6. The summed E-state index contributed by atoms with van der Waals surface area (Å²) in [6.45, 7) is -1.08. The third kappa shape index (κ3) is 3.59. The van der Waals surface area contributed by atoms with Crippen molar-refractivity contribution in [2.24, 2.45) is 11.8 Å². The summed E-state index contributed by atoms with van der Waals surface area (Å²) < 4.78 is 10.3. The van der Waals surface area contributed by atoms with E-state index in [1.54, 1.807) is 24.3 Å². The smallest absolute Gasteiger partial charge is 0.326 e. The number of benzene rings is 3. The van der Waals surface area contributed by atoms with Crippen LogP contribution in [0.25, 0.3) is 0 Å². The molecule has 37 heavy (non-hydrogen) atoms. The number of ether oxygens (including phenoxy) is 2. The Bertz CT molecular complexity index is 1330. The van der Waals surface area contributed by atoms with Crippen LogP contribution in [0.3, 0.4) is 0 Å². The van der Waals surface area contributed by atoms with Crippen LogP contribution in [0.1, 0.15) is 34.1 Å². The summed E-state index contributed by atoms with van der Waals surface area (Å²) in [6.07, 6.45) is 0. The highest BCUT2D eigenvalue weighted by molar-refractivity contribution is 6.09. The van der Waals surface area contributed by atoms with E-state index in [-0.39, 0.29) is 23.7 Å². The van der Waals surface area contributed by atoms with Gasteiger partial charge in [-0.05, 0) is 34.4 Å². The van der Waals surface area contributed by atoms with Crippen molar-refractivity contribution in [3.63, 3.8) is 0 Å². The molecule has 2 atom stereocenters. The monoisotopic (exact) mass is 496 g/mol. The molecular formula is C29H24N2O6. The predicted octanol–water partition coefficient (Wildman–Crippen LogP) is 3.07. The molecule has 4 aliphatic rings. The summed E-state index contributed by atoms with van der Waals surface area (Å²) in [4.78, 5) is 53.0. The van der Waals surface area contributed by atoms with Crippen LogP contribution in [0, 0.1) is 11.8 Å². The first-order valence-corrected chi connectivity index (χ1v) is 12.1. The maximum absolute atomic E-state index is 13.5. The molecule has 3 aromatic carbocycles. The first-order chi connectivity index (χ1) is 18.0. The normalized spacial score (nSPS) is 22.7. The number of anilines is 1. The summed E-state index contributed by atoms with van der Waals surface area (Å²) in [5.41, 5.74) is 4.68. The number of carbonyl (C=O) groups is 4. The van der Waals surface area contributed by atoms with Crippen molar-refractivity contribution in [2.75, 3.05) is 25.6 Å². The van der Waals surface area contributed by atoms with E-state index in [1.807, 2.05) is 48.5 Å². The zero-order chi connectivity index (χ0) is 25.7. The van der Waals surface area contributed by atoms with Crippen molar-refractivity contribution < 1.29 is 28.7 Å². The molecule has 3 aromatic rings. The van der Waals surface area contributed by atoms with Gasteiger partial charge in [0.25, 0.3) is 5.91 Å². The molecule has 0 spiro atoms. The Morgan fingerprint density at radius 1 is 0.784 bits per heavy atom. The third-order valence-electron chi connectivity index (χ3n) is 7.57. The van der Waals surface area contributed by atoms with Crippen LogP contribution < -0.4 is 10.1 Å². The SMILES string of the molecule is COc1ccccc1NC(=O)COC(=O)CN1C(=O)[C@@H]2C3c4ccccc4C(c4ccccc43)[C@H]2C1=O. The van der Waals surface area contributed by atoms with Gasteiger partial charge < -0.3 is 14.8 Å². The van der Waals surface area contributed by atoms with Crippen molar-refractivity contribution in [2.45, 2.75) is 11.8 Å². The largest absolute Gasteiger partial charge is 0.495 e. The third-order valence-corrected chi connectivity index (χ3v) is 7.57. The number of hydrogen-bond donors (Lipinski definition) is 1. The standard InChI is InChI=1S/C29H24N2O6/c1-36-21-13-7-6-12-20(21)30-22(32)15-37-23(33)14-31-28(34)26-24-16-8-2-3-9-17(16)25(27(26)29(31)35)19-11-5-4-10-18(19)24/h2-13,24-27H,14-15H2,1H3,(H,30,32)/t24?,25?,26-,27-/m1/s1. The van der Waals surface area contributed by atoms with E-state index in [9.17, 15) is 19.2 Å². The molecule has 1 N–H and O–H groups in total. The molecule has 1 aliphatic heterocycles. The number of esters is 1. The molecule has 2 bridgehead atoms. The number of imide groups is 1. The second-order valence-electron chi connectivity index (χ2n) is 9.44. The van der Waals surface area contributed by atoms with Gasteiger partial charge in [0.15, 0.2) is 6.61 Å². The minimum Gasteiger partial charge on any atom is -0.495 e. The molecule has 7 rings (SSSR count). The highest BCUT2D eigenvalue weighted by Crippen LogP contribution is 2.60. The van der Waals surface area contributed by atoms with Gasteiger partial charge in [-0.2, -0.15) is 0 Å². The van der Waals surface area contributed by atoms with Crippen LogP contribution in [0.15, 0.2) is 72.8 Å². The predicted molar refractivity (Wildman–Crippen MR) is 133 cm³/mol. The molecular weight excluding hydrogens is 472 g/mol. The lowest BCUT2D eigenvalue weighted by Crippen LogP contribution is -2.41. The van der Waals surface area contributed by atoms with Gasteiger partial charge in [-0.15, -0.1) is 0 Å². The van der Waals surface area contributed by atoms with Gasteiger partial charge in [0, 0.05) is 11.8 Å². The van der Waals surface area contributed by atoms with Crippen LogP contribution in [0.4, 0.5) is 5.69 Å². The molecule has 1 fully saturated rings. The second-order valence-corrected chi connectivity index (χ2v) is 9.44. The second kappa shape index (κ2) is 8.89. The molecule has 3 amide bonds. The Morgan fingerprint density at radius 3 is 1.78 bits per heavy atom. The van der Waals surface area contributed by atoms with E-state index in [1.165, 1.54) is 7.11 Å². The maximum Gasteiger partial charge on any atom is 0.326 e. The number of amides is 3. The summed E-state index contributed by atoms with van der Waals surface area (Å²) in [5.74, 6) is -3.28. The van der Waals surface area contributed by atoms with Gasteiger partial charge in [-0.3, -0.25) is 24.1 Å². The molecule has 1 heterocycles. The van der Waals surface area contributed by atoms with Gasteiger partial charge in [0.05, 0.1) is 24.6 Å². The highest BCUT2D eigenvalue weighted by atomic mass is 16.5. The lowest BCUT2D eigenvalue weighted by Gasteiger charge is -2.45. The van der Waals surface area contributed by atoms with Crippen LogP contribution in [-0.2, 0) is 23.9 Å². The van der Waals surface area contributed by atoms with E-state index in [0.29, 0.717) is 11.4 Å². The van der Waals surface area contributed by atoms with E-state index in [2.05, 4.69) is 5.32 Å². The quantitative estimate of drug-likeness (QED) is 0.416. The molecule has 8 nitrogen and oxygen atoms in total. The number of carbonyl (C=O) groups excluding carboxylic acids is 4. The lowest BCUT2D eigenvalue weighted by atomic mass is 9.55. The number of likely N-dealkylation sites (tertiary alicyclic amines) is 1. The topological polar surface area (TPSA) is 102 Å². The van der Waals surface area contributed by atoms with Crippen molar-refractivity contribution in [3.05, 3.63) is 95.1 Å². The Morgan fingerprint density at radius 2 is 1.27 bits per heavy atom. The number of para-hydroxylation sites is 2. The fraction of sp³-hybridized carbons (Fsp3) is 0.241. The van der Waals surface area contributed by atoms with E-state index >= 15 is 0 Å². The van der Waals surface area contributed by atoms with Crippen molar-refractivity contribution in [3.8, 4) is 5.75 Å². The lowest BCUT2D eigenvalue weighted by molar-refractivity contribution is -0.154. The van der Waals surface area contributed by atoms with Gasteiger partial charge in [0.2, 0.25) is 11.8 Å². The van der Waals surface area contributed by atoms with Gasteiger partial charge >= 0.3 is 5.97 Å². The van der Waals surface area contributed by atoms with Gasteiger partial charge in [-0.1, -0.05) is 60.7 Å².